The molecule has 0 bridgehead atoms. The number of halogens is 1. The van der Waals surface area contributed by atoms with E-state index in [4.69, 9.17) is 11.6 Å². The molecule has 0 spiro atoms. The normalized spacial score (nSPS) is 19.8. The monoisotopic (exact) mass is 293 g/mol. The lowest BCUT2D eigenvalue weighted by Crippen LogP contribution is -2.46. The number of hydrogen-bond acceptors (Lipinski definition) is 1. The summed E-state index contributed by atoms with van der Waals surface area (Å²) in [7, 11) is 0. The van der Waals surface area contributed by atoms with E-state index in [2.05, 4.69) is 44.3 Å². The van der Waals surface area contributed by atoms with Crippen molar-refractivity contribution >= 4 is 11.6 Å². The van der Waals surface area contributed by atoms with Crippen LogP contribution in [-0.4, -0.2) is 12.6 Å². The Hall–Kier alpha value is -0.530. The van der Waals surface area contributed by atoms with Crippen LogP contribution in [0.4, 0.5) is 0 Å². The molecule has 1 fully saturated rings. The van der Waals surface area contributed by atoms with E-state index >= 15 is 0 Å². The molecule has 0 aliphatic heterocycles. The topological polar surface area (TPSA) is 12.0 Å². The Morgan fingerprint density at radius 3 is 2.55 bits per heavy atom. The molecule has 112 valence electrons. The van der Waals surface area contributed by atoms with Crippen molar-refractivity contribution in [3.8, 4) is 0 Å². The Labute approximate surface area is 129 Å². The lowest BCUT2D eigenvalue weighted by atomic mass is 9.69. The summed E-state index contributed by atoms with van der Waals surface area (Å²) in [5.74, 6) is 0. The fourth-order valence-corrected chi connectivity index (χ4v) is 3.87. The summed E-state index contributed by atoms with van der Waals surface area (Å²) >= 11 is 6.43. The molecule has 1 N–H and O–H groups in total. The Balaban J connectivity index is 2.16. The van der Waals surface area contributed by atoms with Gasteiger partial charge in [-0.15, -0.1) is 0 Å². The van der Waals surface area contributed by atoms with Gasteiger partial charge in [-0.3, -0.25) is 0 Å². The van der Waals surface area contributed by atoms with Crippen molar-refractivity contribution in [3.63, 3.8) is 0 Å². The second-order valence-corrected chi connectivity index (χ2v) is 7.03. The van der Waals surface area contributed by atoms with Crippen LogP contribution >= 0.6 is 11.6 Å². The highest BCUT2D eigenvalue weighted by Crippen LogP contribution is 2.40. The minimum atomic E-state index is 0.419. The summed E-state index contributed by atoms with van der Waals surface area (Å²) in [5, 5.41) is 4.65. The van der Waals surface area contributed by atoms with Gasteiger partial charge < -0.3 is 5.32 Å². The highest BCUT2D eigenvalue weighted by molar-refractivity contribution is 6.31. The molecule has 0 saturated heterocycles. The number of nitrogens with one attached hydrogen (secondary N) is 1. The Bertz CT molecular complexity index is 435. The maximum atomic E-state index is 6.43. The Morgan fingerprint density at radius 1 is 1.25 bits per heavy atom. The number of hydrogen-bond donors (Lipinski definition) is 1. The van der Waals surface area contributed by atoms with Gasteiger partial charge in [-0.25, -0.2) is 0 Å². The van der Waals surface area contributed by atoms with Gasteiger partial charge in [0.05, 0.1) is 0 Å². The summed E-state index contributed by atoms with van der Waals surface area (Å²) in [6.07, 6.45) is 7.88. The molecule has 20 heavy (non-hydrogen) atoms. The van der Waals surface area contributed by atoms with Crippen molar-refractivity contribution in [1.29, 1.82) is 0 Å². The first-order chi connectivity index (χ1) is 9.55. The molecule has 1 unspecified atom stereocenters. The molecular formula is C18H28ClN. The lowest BCUT2D eigenvalue weighted by Gasteiger charge is -2.41. The molecule has 1 atom stereocenters. The molecule has 1 aliphatic rings. The van der Waals surface area contributed by atoms with Gasteiger partial charge >= 0.3 is 0 Å². The van der Waals surface area contributed by atoms with Crippen LogP contribution in [0.25, 0.3) is 0 Å². The second-order valence-electron chi connectivity index (χ2n) is 6.62. The highest BCUT2D eigenvalue weighted by Gasteiger charge is 2.35. The SMILES string of the molecule is CCNC(Cc1ccc(C)cc1Cl)C1(C)CCCCC1. The van der Waals surface area contributed by atoms with E-state index in [9.17, 15) is 0 Å². The van der Waals surface area contributed by atoms with Gasteiger partial charge in [-0.05, 0) is 55.3 Å². The predicted molar refractivity (Wildman–Crippen MR) is 88.5 cm³/mol. The largest absolute Gasteiger partial charge is 0.313 e. The van der Waals surface area contributed by atoms with E-state index < -0.39 is 0 Å². The van der Waals surface area contributed by atoms with Crippen LogP contribution in [0.2, 0.25) is 5.02 Å². The summed E-state index contributed by atoms with van der Waals surface area (Å²) in [6.45, 7) is 7.79. The minimum absolute atomic E-state index is 0.419. The quantitative estimate of drug-likeness (QED) is 0.792. The molecule has 1 aliphatic carbocycles. The Morgan fingerprint density at radius 2 is 1.95 bits per heavy atom. The van der Waals surface area contributed by atoms with Crippen molar-refractivity contribution in [2.45, 2.75) is 65.3 Å². The fraction of sp³-hybridized carbons (Fsp3) is 0.667. The van der Waals surface area contributed by atoms with Crippen molar-refractivity contribution in [3.05, 3.63) is 34.3 Å². The first-order valence-electron chi connectivity index (χ1n) is 8.03. The average Bonchev–Trinajstić information content (AvgIpc) is 2.42. The molecule has 2 heteroatoms. The molecule has 0 heterocycles. The van der Waals surface area contributed by atoms with E-state index in [0.717, 1.165) is 18.0 Å². The zero-order valence-electron chi connectivity index (χ0n) is 13.1. The summed E-state index contributed by atoms with van der Waals surface area (Å²) in [6, 6.07) is 7.00. The van der Waals surface area contributed by atoms with E-state index in [1.807, 2.05) is 0 Å². The third-order valence-electron chi connectivity index (χ3n) is 4.92. The van der Waals surface area contributed by atoms with Crippen LogP contribution in [-0.2, 0) is 6.42 Å². The Kier molecular flexibility index (Phi) is 5.51. The maximum Gasteiger partial charge on any atom is 0.0441 e. The second kappa shape index (κ2) is 6.95. The van der Waals surface area contributed by atoms with Gasteiger partial charge in [0.25, 0.3) is 0 Å². The van der Waals surface area contributed by atoms with Gasteiger partial charge in [-0.2, -0.15) is 0 Å². The molecule has 1 nitrogen and oxygen atoms in total. The van der Waals surface area contributed by atoms with Crippen LogP contribution in [0.5, 0.6) is 0 Å². The third kappa shape index (κ3) is 3.77. The zero-order valence-corrected chi connectivity index (χ0v) is 13.9. The maximum absolute atomic E-state index is 6.43. The third-order valence-corrected chi connectivity index (χ3v) is 5.27. The van der Waals surface area contributed by atoms with E-state index in [0.29, 0.717) is 11.5 Å². The lowest BCUT2D eigenvalue weighted by molar-refractivity contribution is 0.145. The predicted octanol–water partition coefficient (Wildman–Crippen LogP) is 5.14. The van der Waals surface area contributed by atoms with Crippen LogP contribution in [0, 0.1) is 12.3 Å². The molecule has 0 aromatic heterocycles. The van der Waals surface area contributed by atoms with Gasteiger partial charge in [0.1, 0.15) is 0 Å². The number of aryl methyl sites for hydroxylation is 1. The molecule has 1 aromatic rings. The van der Waals surface area contributed by atoms with E-state index in [1.54, 1.807) is 0 Å². The molecule has 2 rings (SSSR count). The van der Waals surface area contributed by atoms with Crippen molar-refractivity contribution in [1.82, 2.24) is 5.32 Å². The minimum Gasteiger partial charge on any atom is -0.313 e. The zero-order chi connectivity index (χ0) is 14.6. The summed E-state index contributed by atoms with van der Waals surface area (Å²) < 4.78 is 0. The van der Waals surface area contributed by atoms with Crippen LogP contribution in [0.3, 0.4) is 0 Å². The van der Waals surface area contributed by atoms with Crippen molar-refractivity contribution in [2.24, 2.45) is 5.41 Å². The highest BCUT2D eigenvalue weighted by atomic mass is 35.5. The first-order valence-corrected chi connectivity index (χ1v) is 8.41. The molecule has 1 aromatic carbocycles. The molecule has 0 radical (unpaired) electrons. The first kappa shape index (κ1) is 15.9. The van der Waals surface area contributed by atoms with Gasteiger partial charge in [0.15, 0.2) is 0 Å². The van der Waals surface area contributed by atoms with Crippen LogP contribution in [0.15, 0.2) is 18.2 Å². The molecule has 1 saturated carbocycles. The smallest absolute Gasteiger partial charge is 0.0441 e. The number of rotatable bonds is 5. The van der Waals surface area contributed by atoms with Gasteiger partial charge in [0, 0.05) is 11.1 Å². The van der Waals surface area contributed by atoms with Gasteiger partial charge in [-0.1, -0.05) is 56.8 Å². The molecule has 0 amide bonds. The van der Waals surface area contributed by atoms with E-state index in [1.165, 1.54) is 43.2 Å². The van der Waals surface area contributed by atoms with Crippen LogP contribution < -0.4 is 5.32 Å². The standard InChI is InChI=1S/C18H28ClN/c1-4-20-17(18(3)10-6-5-7-11-18)13-15-9-8-14(2)12-16(15)19/h8-9,12,17,20H,4-7,10-11,13H2,1-3H3. The summed E-state index contributed by atoms with van der Waals surface area (Å²) in [5.41, 5.74) is 2.94. The average molecular weight is 294 g/mol. The summed E-state index contributed by atoms with van der Waals surface area (Å²) in [4.78, 5) is 0. The van der Waals surface area contributed by atoms with Crippen molar-refractivity contribution < 1.29 is 0 Å². The molecular weight excluding hydrogens is 266 g/mol. The number of likely N-dealkylation sites (N-methyl/N-ethyl adjacent to an activating group) is 1. The van der Waals surface area contributed by atoms with E-state index in [-0.39, 0.29) is 0 Å². The van der Waals surface area contributed by atoms with Gasteiger partial charge in [0.2, 0.25) is 0 Å². The van der Waals surface area contributed by atoms with Crippen molar-refractivity contribution in [2.75, 3.05) is 6.54 Å². The number of benzene rings is 1. The van der Waals surface area contributed by atoms with Crippen LogP contribution in [0.1, 0.15) is 57.1 Å². The fourth-order valence-electron chi connectivity index (χ4n) is 3.56.